The van der Waals surface area contributed by atoms with Crippen LogP contribution in [0.5, 0.6) is 0 Å². The van der Waals surface area contributed by atoms with Crippen molar-refractivity contribution in [3.8, 4) is 6.07 Å². The summed E-state index contributed by atoms with van der Waals surface area (Å²) in [6.07, 6.45) is 0.125. The van der Waals surface area contributed by atoms with Gasteiger partial charge in [-0.25, -0.2) is 0 Å². The molecule has 0 bridgehead atoms. The van der Waals surface area contributed by atoms with Gasteiger partial charge in [-0.05, 0) is 12.0 Å². The second-order valence-corrected chi connectivity index (χ2v) is 3.34. The van der Waals surface area contributed by atoms with Gasteiger partial charge in [0.1, 0.15) is 0 Å². The van der Waals surface area contributed by atoms with Gasteiger partial charge < -0.3 is 9.84 Å². The van der Waals surface area contributed by atoms with E-state index in [1.165, 1.54) is 0 Å². The summed E-state index contributed by atoms with van der Waals surface area (Å²) in [5, 5.41) is 17.6. The monoisotopic (exact) mass is 205 g/mol. The minimum absolute atomic E-state index is 0.175. The fourth-order valence-electron chi connectivity index (χ4n) is 1.19. The first-order chi connectivity index (χ1) is 7.33. The molecule has 1 unspecified atom stereocenters. The van der Waals surface area contributed by atoms with Gasteiger partial charge in [-0.2, -0.15) is 5.26 Å². The lowest BCUT2D eigenvalue weighted by atomic mass is 10.2. The summed E-state index contributed by atoms with van der Waals surface area (Å²) in [6, 6.07) is 11.8. The Balaban J connectivity index is 2.10. The molecule has 0 aliphatic heterocycles. The molecule has 0 aliphatic carbocycles. The Hall–Kier alpha value is -1.37. The number of benzene rings is 1. The summed E-state index contributed by atoms with van der Waals surface area (Å²) in [4.78, 5) is 0. The van der Waals surface area contributed by atoms with Crippen molar-refractivity contribution in [2.45, 2.75) is 25.6 Å². The van der Waals surface area contributed by atoms with Crippen LogP contribution in [0, 0.1) is 11.3 Å². The van der Waals surface area contributed by atoms with E-state index in [0.29, 0.717) is 19.6 Å². The number of nitriles is 1. The molecule has 1 rings (SSSR count). The Kier molecular flexibility index (Phi) is 5.46. The molecule has 0 radical (unpaired) electrons. The Morgan fingerprint density at radius 3 is 2.73 bits per heavy atom. The van der Waals surface area contributed by atoms with E-state index in [4.69, 9.17) is 10.00 Å². The molecule has 1 N–H and O–H groups in total. The molecule has 80 valence electrons. The Bertz CT molecular complexity index is 305. The minimum atomic E-state index is -0.564. The average molecular weight is 205 g/mol. The Morgan fingerprint density at radius 2 is 2.07 bits per heavy atom. The van der Waals surface area contributed by atoms with Crippen LogP contribution in [0.4, 0.5) is 0 Å². The predicted molar refractivity (Wildman–Crippen MR) is 57.0 cm³/mol. The smallest absolute Gasteiger partial charge is 0.0716 e. The largest absolute Gasteiger partial charge is 0.392 e. The van der Waals surface area contributed by atoms with E-state index >= 15 is 0 Å². The normalized spacial score (nSPS) is 12.0. The average Bonchev–Trinajstić information content (AvgIpc) is 2.26. The molecule has 3 nitrogen and oxygen atoms in total. The third kappa shape index (κ3) is 5.16. The fourth-order valence-corrected chi connectivity index (χ4v) is 1.19. The third-order valence-corrected chi connectivity index (χ3v) is 2.03. The molecular weight excluding hydrogens is 190 g/mol. The molecule has 1 atom stereocenters. The van der Waals surface area contributed by atoms with E-state index in [-0.39, 0.29) is 6.42 Å². The van der Waals surface area contributed by atoms with Gasteiger partial charge in [-0.1, -0.05) is 30.3 Å². The van der Waals surface area contributed by atoms with Crippen LogP contribution in [0.25, 0.3) is 0 Å². The lowest BCUT2D eigenvalue weighted by Gasteiger charge is -2.07. The zero-order valence-corrected chi connectivity index (χ0v) is 8.60. The van der Waals surface area contributed by atoms with Crippen molar-refractivity contribution in [3.63, 3.8) is 0 Å². The molecule has 0 aromatic heterocycles. The third-order valence-electron chi connectivity index (χ3n) is 2.03. The number of rotatable bonds is 6. The van der Waals surface area contributed by atoms with Crippen molar-refractivity contribution in [2.75, 3.05) is 6.61 Å². The number of aliphatic hydroxyl groups excluding tert-OH is 1. The quantitative estimate of drug-likeness (QED) is 0.721. The lowest BCUT2D eigenvalue weighted by molar-refractivity contribution is 0.0752. The second kappa shape index (κ2) is 6.99. The van der Waals surface area contributed by atoms with Crippen LogP contribution < -0.4 is 0 Å². The first-order valence-electron chi connectivity index (χ1n) is 4.99. The standard InChI is InChI=1S/C12H15NO2/c13-8-6-12(14)7-9-15-10-11-4-2-1-3-5-11/h1-5,12,14H,6-7,9-10H2. The number of ether oxygens (including phenoxy) is 1. The van der Waals surface area contributed by atoms with Crippen LogP contribution in [0.15, 0.2) is 30.3 Å². The van der Waals surface area contributed by atoms with Crippen LogP contribution >= 0.6 is 0 Å². The number of nitrogens with zero attached hydrogens (tertiary/aromatic N) is 1. The van der Waals surface area contributed by atoms with E-state index in [1.54, 1.807) is 0 Å². The molecule has 0 aliphatic rings. The van der Waals surface area contributed by atoms with Crippen LogP contribution in [-0.2, 0) is 11.3 Å². The van der Waals surface area contributed by atoms with Gasteiger partial charge in [-0.15, -0.1) is 0 Å². The lowest BCUT2D eigenvalue weighted by Crippen LogP contribution is -2.09. The zero-order chi connectivity index (χ0) is 10.9. The van der Waals surface area contributed by atoms with Gasteiger partial charge in [0.2, 0.25) is 0 Å². The minimum Gasteiger partial charge on any atom is -0.392 e. The zero-order valence-electron chi connectivity index (χ0n) is 8.60. The summed E-state index contributed by atoms with van der Waals surface area (Å²) >= 11 is 0. The highest BCUT2D eigenvalue weighted by Gasteiger charge is 2.02. The summed E-state index contributed by atoms with van der Waals surface area (Å²) in [5.74, 6) is 0. The summed E-state index contributed by atoms with van der Waals surface area (Å²) in [7, 11) is 0. The van der Waals surface area contributed by atoms with Crippen LogP contribution in [0.3, 0.4) is 0 Å². The summed E-state index contributed by atoms with van der Waals surface area (Å²) in [5.41, 5.74) is 1.12. The van der Waals surface area contributed by atoms with Crippen molar-refractivity contribution >= 4 is 0 Å². The SMILES string of the molecule is N#CCC(O)CCOCc1ccccc1. The van der Waals surface area contributed by atoms with E-state index < -0.39 is 6.10 Å². The number of hydrogen-bond donors (Lipinski definition) is 1. The molecule has 3 heteroatoms. The first-order valence-corrected chi connectivity index (χ1v) is 4.99. The van der Waals surface area contributed by atoms with Crippen LogP contribution in [0.1, 0.15) is 18.4 Å². The summed E-state index contributed by atoms with van der Waals surface area (Å²) in [6.45, 7) is 1.04. The van der Waals surface area contributed by atoms with Gasteiger partial charge in [0.15, 0.2) is 0 Å². The topological polar surface area (TPSA) is 53.2 Å². The molecule has 0 saturated carbocycles. The van der Waals surface area contributed by atoms with E-state index in [0.717, 1.165) is 5.56 Å². The van der Waals surface area contributed by atoms with Gasteiger partial charge in [0.05, 0.1) is 25.2 Å². The molecule has 0 saturated heterocycles. The van der Waals surface area contributed by atoms with Crippen molar-refractivity contribution in [2.24, 2.45) is 0 Å². The Labute approximate surface area is 89.9 Å². The highest BCUT2D eigenvalue weighted by Crippen LogP contribution is 2.02. The van der Waals surface area contributed by atoms with Gasteiger partial charge in [-0.3, -0.25) is 0 Å². The second-order valence-electron chi connectivity index (χ2n) is 3.34. The molecular formula is C12H15NO2. The van der Waals surface area contributed by atoms with Crippen molar-refractivity contribution < 1.29 is 9.84 Å². The van der Waals surface area contributed by atoms with Gasteiger partial charge >= 0.3 is 0 Å². The molecule has 0 heterocycles. The maximum atomic E-state index is 9.24. The van der Waals surface area contributed by atoms with E-state index in [9.17, 15) is 5.11 Å². The Morgan fingerprint density at radius 1 is 1.33 bits per heavy atom. The van der Waals surface area contributed by atoms with Gasteiger partial charge in [0, 0.05) is 6.61 Å². The maximum Gasteiger partial charge on any atom is 0.0716 e. The van der Waals surface area contributed by atoms with Crippen molar-refractivity contribution in [1.82, 2.24) is 0 Å². The van der Waals surface area contributed by atoms with Gasteiger partial charge in [0.25, 0.3) is 0 Å². The number of aliphatic hydroxyl groups is 1. The molecule has 0 fully saturated rings. The summed E-state index contributed by atoms with van der Waals surface area (Å²) < 4.78 is 5.37. The molecule has 0 amide bonds. The predicted octanol–water partition coefficient (Wildman–Crippen LogP) is 1.87. The van der Waals surface area contributed by atoms with Crippen molar-refractivity contribution in [3.05, 3.63) is 35.9 Å². The first kappa shape index (κ1) is 11.7. The molecule has 0 spiro atoms. The fraction of sp³-hybridized carbons (Fsp3) is 0.417. The van der Waals surface area contributed by atoms with Crippen LogP contribution in [-0.4, -0.2) is 17.8 Å². The highest BCUT2D eigenvalue weighted by molar-refractivity contribution is 5.13. The van der Waals surface area contributed by atoms with Crippen LogP contribution in [0.2, 0.25) is 0 Å². The van der Waals surface area contributed by atoms with E-state index in [1.807, 2.05) is 36.4 Å². The molecule has 1 aromatic carbocycles. The number of hydrogen-bond acceptors (Lipinski definition) is 3. The van der Waals surface area contributed by atoms with Crippen molar-refractivity contribution in [1.29, 1.82) is 5.26 Å². The van der Waals surface area contributed by atoms with E-state index in [2.05, 4.69) is 0 Å². The molecule has 1 aromatic rings. The highest BCUT2D eigenvalue weighted by atomic mass is 16.5. The molecule has 15 heavy (non-hydrogen) atoms. The maximum absolute atomic E-state index is 9.24.